The van der Waals surface area contributed by atoms with E-state index in [1.165, 1.54) is 19.3 Å². The highest BCUT2D eigenvalue weighted by Crippen LogP contribution is 2.37. The van der Waals surface area contributed by atoms with Gasteiger partial charge in [0.05, 0.1) is 0 Å². The summed E-state index contributed by atoms with van der Waals surface area (Å²) < 4.78 is 0. The molecule has 1 atom stereocenters. The fraction of sp³-hybridized carbons (Fsp3) is 0.857. The van der Waals surface area contributed by atoms with E-state index in [0.29, 0.717) is 0 Å². The van der Waals surface area contributed by atoms with E-state index in [-0.39, 0.29) is 0 Å². The molecule has 0 heterocycles. The number of hydrogen-bond acceptors (Lipinski definition) is 0. The van der Waals surface area contributed by atoms with Gasteiger partial charge >= 0.3 is 0 Å². The number of hydrogen-bond donors (Lipinski definition) is 0. The summed E-state index contributed by atoms with van der Waals surface area (Å²) in [7, 11) is 0. The summed E-state index contributed by atoms with van der Waals surface area (Å²) in [6, 6.07) is 0. The molecule has 0 spiro atoms. The molecule has 0 amide bonds. The van der Waals surface area contributed by atoms with Gasteiger partial charge in [-0.05, 0) is 31.1 Å². The fourth-order valence-corrected chi connectivity index (χ4v) is 1.16. The summed E-state index contributed by atoms with van der Waals surface area (Å²) >= 11 is 0. The predicted octanol–water partition coefficient (Wildman–Crippen LogP) is 2.40. The Hall–Kier alpha value is 0. The molecule has 1 radical (unpaired) electrons. The predicted molar refractivity (Wildman–Crippen MR) is 31.9 cm³/mol. The Morgan fingerprint density at radius 1 is 1.71 bits per heavy atom. The average Bonchev–Trinajstić information content (AvgIpc) is 1.65. The summed E-state index contributed by atoms with van der Waals surface area (Å²) in [5, 5.41) is 0. The van der Waals surface area contributed by atoms with Crippen molar-refractivity contribution < 1.29 is 0 Å². The van der Waals surface area contributed by atoms with Crippen LogP contribution >= 0.6 is 0 Å². The van der Waals surface area contributed by atoms with E-state index in [4.69, 9.17) is 0 Å². The molecular weight excluding hydrogens is 84.1 g/mol. The summed E-state index contributed by atoms with van der Waals surface area (Å²) in [5.41, 5.74) is 0. The molecule has 0 heteroatoms. The number of rotatable bonds is 1. The van der Waals surface area contributed by atoms with Crippen LogP contribution in [0.5, 0.6) is 0 Å². The Bertz CT molecular complexity index is 55.1. The van der Waals surface area contributed by atoms with Crippen molar-refractivity contribution in [3.8, 4) is 0 Å². The van der Waals surface area contributed by atoms with Crippen molar-refractivity contribution in [3.05, 3.63) is 5.92 Å². The van der Waals surface area contributed by atoms with Crippen molar-refractivity contribution in [1.82, 2.24) is 0 Å². The van der Waals surface area contributed by atoms with Crippen LogP contribution in [-0.2, 0) is 0 Å². The first-order valence-electron chi connectivity index (χ1n) is 3.19. The third-order valence-electron chi connectivity index (χ3n) is 2.05. The minimum absolute atomic E-state index is 0.963. The van der Waals surface area contributed by atoms with Gasteiger partial charge < -0.3 is 0 Å². The van der Waals surface area contributed by atoms with E-state index in [1.807, 2.05) is 0 Å². The van der Waals surface area contributed by atoms with E-state index >= 15 is 0 Å². The van der Waals surface area contributed by atoms with Crippen molar-refractivity contribution in [2.45, 2.75) is 33.1 Å². The molecule has 0 saturated heterocycles. The van der Waals surface area contributed by atoms with Crippen molar-refractivity contribution in [2.24, 2.45) is 5.92 Å². The summed E-state index contributed by atoms with van der Waals surface area (Å²) in [4.78, 5) is 0. The fourth-order valence-electron chi connectivity index (χ4n) is 1.16. The van der Waals surface area contributed by atoms with Crippen LogP contribution in [0.3, 0.4) is 0 Å². The first-order chi connectivity index (χ1) is 3.34. The molecule has 1 aliphatic carbocycles. The third-order valence-corrected chi connectivity index (χ3v) is 2.05. The van der Waals surface area contributed by atoms with Crippen molar-refractivity contribution in [2.75, 3.05) is 0 Å². The molecule has 0 aromatic carbocycles. The maximum absolute atomic E-state index is 2.32. The van der Waals surface area contributed by atoms with Gasteiger partial charge in [0, 0.05) is 0 Å². The highest BCUT2D eigenvalue weighted by atomic mass is 14.3. The maximum atomic E-state index is 2.32. The normalized spacial score (nSPS) is 32.6. The first-order valence-corrected chi connectivity index (χ1v) is 3.19. The monoisotopic (exact) mass is 97.1 g/mol. The molecule has 1 saturated carbocycles. The molecule has 1 unspecified atom stereocenters. The second-order valence-electron chi connectivity index (χ2n) is 2.45. The molecule has 41 valence electrons. The second kappa shape index (κ2) is 1.85. The van der Waals surface area contributed by atoms with Gasteiger partial charge in [-0.3, -0.25) is 0 Å². The Kier molecular flexibility index (Phi) is 1.36. The lowest BCUT2D eigenvalue weighted by atomic mass is 9.74. The Morgan fingerprint density at radius 2 is 2.43 bits per heavy atom. The minimum atomic E-state index is 0.963. The van der Waals surface area contributed by atoms with Crippen LogP contribution in [0.15, 0.2) is 0 Å². The van der Waals surface area contributed by atoms with Gasteiger partial charge in [-0.1, -0.05) is 13.8 Å². The minimum Gasteiger partial charge on any atom is -0.0648 e. The lowest BCUT2D eigenvalue weighted by Crippen LogP contribution is -2.19. The molecule has 0 bridgehead atoms. The SMILES string of the molecule is CC[C]1CCC1C. The second-order valence-corrected chi connectivity index (χ2v) is 2.45. The topological polar surface area (TPSA) is 0 Å². The van der Waals surface area contributed by atoms with Gasteiger partial charge in [0.15, 0.2) is 0 Å². The molecule has 0 aromatic rings. The Balaban J connectivity index is 2.16. The quantitative estimate of drug-likeness (QED) is 0.471. The highest BCUT2D eigenvalue weighted by Gasteiger charge is 2.24. The first kappa shape index (κ1) is 5.14. The average molecular weight is 97.2 g/mol. The van der Waals surface area contributed by atoms with Crippen LogP contribution in [0.25, 0.3) is 0 Å². The molecule has 0 nitrogen and oxygen atoms in total. The molecular formula is C7H13. The van der Waals surface area contributed by atoms with Crippen LogP contribution in [-0.4, -0.2) is 0 Å². The standard InChI is InChI=1S/C7H13/c1-3-7-5-4-6(7)2/h6H,3-5H2,1-2H3. The van der Waals surface area contributed by atoms with Gasteiger partial charge in [0.25, 0.3) is 0 Å². The van der Waals surface area contributed by atoms with Crippen LogP contribution < -0.4 is 0 Å². The van der Waals surface area contributed by atoms with Crippen molar-refractivity contribution in [3.63, 3.8) is 0 Å². The molecule has 0 aliphatic heterocycles. The van der Waals surface area contributed by atoms with Crippen LogP contribution in [0.1, 0.15) is 33.1 Å². The van der Waals surface area contributed by atoms with Gasteiger partial charge in [-0.25, -0.2) is 0 Å². The molecule has 0 aromatic heterocycles. The zero-order valence-corrected chi connectivity index (χ0v) is 5.20. The van der Waals surface area contributed by atoms with Crippen LogP contribution in [0.2, 0.25) is 0 Å². The molecule has 0 N–H and O–H groups in total. The van der Waals surface area contributed by atoms with Crippen LogP contribution in [0.4, 0.5) is 0 Å². The summed E-state index contributed by atoms with van der Waals surface area (Å²) in [5.74, 6) is 2.74. The van der Waals surface area contributed by atoms with Crippen LogP contribution in [0, 0.1) is 11.8 Å². The third kappa shape index (κ3) is 0.793. The van der Waals surface area contributed by atoms with Crippen molar-refractivity contribution in [1.29, 1.82) is 0 Å². The van der Waals surface area contributed by atoms with E-state index < -0.39 is 0 Å². The molecule has 7 heavy (non-hydrogen) atoms. The van der Waals surface area contributed by atoms with Gasteiger partial charge in [-0.15, -0.1) is 0 Å². The van der Waals surface area contributed by atoms with Crippen molar-refractivity contribution >= 4 is 0 Å². The van der Waals surface area contributed by atoms with Gasteiger partial charge in [-0.2, -0.15) is 0 Å². The molecule has 1 aliphatic rings. The van der Waals surface area contributed by atoms with E-state index in [1.54, 1.807) is 5.92 Å². The smallest absolute Gasteiger partial charge is 0.0215 e. The Morgan fingerprint density at radius 3 is 2.43 bits per heavy atom. The van der Waals surface area contributed by atoms with E-state index in [9.17, 15) is 0 Å². The van der Waals surface area contributed by atoms with E-state index in [0.717, 1.165) is 5.92 Å². The highest BCUT2D eigenvalue weighted by molar-refractivity contribution is 5.02. The van der Waals surface area contributed by atoms with Gasteiger partial charge in [0.1, 0.15) is 0 Å². The summed E-state index contributed by atoms with van der Waals surface area (Å²) in [6.07, 6.45) is 4.18. The zero-order valence-electron chi connectivity index (χ0n) is 5.20. The van der Waals surface area contributed by atoms with Gasteiger partial charge in [0.2, 0.25) is 0 Å². The Labute approximate surface area is 45.9 Å². The maximum Gasteiger partial charge on any atom is -0.0215 e. The lowest BCUT2D eigenvalue weighted by Gasteiger charge is -2.31. The molecule has 1 rings (SSSR count). The zero-order chi connectivity index (χ0) is 5.28. The summed E-state index contributed by atoms with van der Waals surface area (Å²) in [6.45, 7) is 4.58. The lowest BCUT2D eigenvalue weighted by molar-refractivity contribution is 0.374. The molecule has 1 fully saturated rings. The largest absolute Gasteiger partial charge is 0.0648 e. The van der Waals surface area contributed by atoms with E-state index in [2.05, 4.69) is 13.8 Å².